The molecule has 0 radical (unpaired) electrons. The van der Waals surface area contributed by atoms with Crippen molar-refractivity contribution in [2.75, 3.05) is 13.1 Å². The monoisotopic (exact) mass is 406 g/mol. The van der Waals surface area contributed by atoms with E-state index in [1.807, 2.05) is 44.2 Å². The maximum Gasteiger partial charge on any atom is 0.234 e. The van der Waals surface area contributed by atoms with Gasteiger partial charge >= 0.3 is 0 Å². The molecule has 4 amide bonds. The first-order chi connectivity index (χ1) is 14.5. The Balaban J connectivity index is 1.64. The number of carbonyl (C=O) groups excluding carboxylic acids is 4. The van der Waals surface area contributed by atoms with Crippen molar-refractivity contribution >= 4 is 23.6 Å². The summed E-state index contributed by atoms with van der Waals surface area (Å²) >= 11 is 0. The molecule has 1 saturated carbocycles. The van der Waals surface area contributed by atoms with Gasteiger partial charge in [0.15, 0.2) is 0 Å². The summed E-state index contributed by atoms with van der Waals surface area (Å²) in [5.74, 6) is -2.43. The van der Waals surface area contributed by atoms with Crippen molar-refractivity contribution in [1.29, 1.82) is 0 Å². The van der Waals surface area contributed by atoms with Crippen LogP contribution in [0.3, 0.4) is 0 Å². The van der Waals surface area contributed by atoms with Gasteiger partial charge in [-0.1, -0.05) is 42.0 Å². The highest BCUT2D eigenvalue weighted by molar-refractivity contribution is 6.07. The second-order valence-electron chi connectivity index (χ2n) is 8.78. The number of fused-ring (bicyclic) bond motifs is 4. The van der Waals surface area contributed by atoms with Gasteiger partial charge in [-0.15, -0.1) is 0 Å². The summed E-state index contributed by atoms with van der Waals surface area (Å²) in [7, 11) is 0. The van der Waals surface area contributed by atoms with E-state index in [0.29, 0.717) is 25.9 Å². The van der Waals surface area contributed by atoms with Crippen LogP contribution in [0, 0.1) is 29.6 Å². The number of benzene rings is 1. The fourth-order valence-electron chi connectivity index (χ4n) is 6.38. The lowest BCUT2D eigenvalue weighted by Crippen LogP contribution is -2.43. The van der Waals surface area contributed by atoms with Gasteiger partial charge in [0, 0.05) is 19.0 Å². The molecule has 6 atom stereocenters. The Labute approximate surface area is 175 Å². The van der Waals surface area contributed by atoms with Crippen molar-refractivity contribution in [2.24, 2.45) is 29.6 Å². The first-order valence-electron chi connectivity index (χ1n) is 10.9. The molecule has 2 aliphatic heterocycles. The maximum atomic E-state index is 13.2. The van der Waals surface area contributed by atoms with Gasteiger partial charge in [0.25, 0.3) is 0 Å². The Hall–Kier alpha value is -2.76. The normalized spacial score (nSPS) is 35.3. The maximum absolute atomic E-state index is 13.2. The molecule has 3 fully saturated rings. The van der Waals surface area contributed by atoms with E-state index in [1.165, 1.54) is 9.80 Å². The average molecular weight is 406 g/mol. The Morgan fingerprint density at radius 2 is 1.37 bits per heavy atom. The van der Waals surface area contributed by atoms with Crippen LogP contribution in [0.4, 0.5) is 0 Å². The van der Waals surface area contributed by atoms with Crippen LogP contribution < -0.4 is 0 Å². The minimum absolute atomic E-state index is 0.0924. The zero-order valence-corrected chi connectivity index (χ0v) is 17.3. The lowest BCUT2D eigenvalue weighted by molar-refractivity contribution is -0.141. The molecule has 1 aromatic carbocycles. The summed E-state index contributed by atoms with van der Waals surface area (Å²) in [6.07, 6.45) is 3.09. The molecular weight excluding hydrogens is 380 g/mol. The smallest absolute Gasteiger partial charge is 0.234 e. The fraction of sp³-hybridized carbons (Fsp3) is 0.500. The Kier molecular flexibility index (Phi) is 4.42. The molecule has 0 N–H and O–H groups in total. The number of imide groups is 2. The quantitative estimate of drug-likeness (QED) is 0.571. The van der Waals surface area contributed by atoms with E-state index in [1.54, 1.807) is 0 Å². The standard InChI is InChI=1S/C24H26N2O4/c1-3-25-21(27)15-11-10-14-16(19(15)23(25)29)12-17-20(24(30)26(4-2)22(17)28)18(14)13-8-6-5-7-9-13/h5-10,15-20H,3-4,11-12H2,1-2H3/t15-,16+,17+,18-,19-,20+/m0/s1. The molecular formula is C24H26N2O4. The van der Waals surface area contributed by atoms with E-state index in [0.717, 1.165) is 11.1 Å². The minimum atomic E-state index is -0.429. The second-order valence-corrected chi connectivity index (χ2v) is 8.78. The number of hydrogen-bond acceptors (Lipinski definition) is 4. The summed E-state index contributed by atoms with van der Waals surface area (Å²) in [6.45, 7) is 4.39. The third-order valence-electron chi connectivity index (χ3n) is 7.62. The van der Waals surface area contributed by atoms with Gasteiger partial charge in [0.2, 0.25) is 23.6 Å². The summed E-state index contributed by atoms with van der Waals surface area (Å²) in [4.78, 5) is 55.0. The number of carbonyl (C=O) groups is 4. The molecule has 4 aliphatic rings. The largest absolute Gasteiger partial charge is 0.282 e. The Bertz CT molecular complexity index is 969. The van der Waals surface area contributed by atoms with Crippen LogP contribution in [-0.2, 0) is 19.2 Å². The number of rotatable bonds is 3. The number of hydrogen-bond donors (Lipinski definition) is 0. The lowest BCUT2D eigenvalue weighted by atomic mass is 9.57. The van der Waals surface area contributed by atoms with Crippen molar-refractivity contribution in [1.82, 2.24) is 9.80 Å². The molecule has 0 bridgehead atoms. The molecule has 0 unspecified atom stereocenters. The lowest BCUT2D eigenvalue weighted by Gasteiger charge is -2.44. The highest BCUT2D eigenvalue weighted by Crippen LogP contribution is 2.57. The van der Waals surface area contributed by atoms with Crippen molar-refractivity contribution < 1.29 is 19.2 Å². The SMILES string of the molecule is CCN1C(=O)[C@H]2[C@H](CC=C3[C@H]2C[C@H]2C(=O)N(CC)C(=O)[C@H]2[C@H]3c2ccccc2)C1=O. The van der Waals surface area contributed by atoms with Gasteiger partial charge < -0.3 is 0 Å². The molecule has 2 saturated heterocycles. The van der Waals surface area contributed by atoms with E-state index >= 15 is 0 Å². The number of nitrogens with zero attached hydrogens (tertiary/aromatic N) is 2. The van der Waals surface area contributed by atoms with Crippen LogP contribution in [0.5, 0.6) is 0 Å². The molecule has 0 aromatic heterocycles. The first-order valence-corrected chi connectivity index (χ1v) is 10.9. The molecule has 5 rings (SSSR count). The van der Waals surface area contributed by atoms with Crippen LogP contribution in [0.25, 0.3) is 0 Å². The summed E-state index contributed by atoms with van der Waals surface area (Å²) in [6, 6.07) is 9.83. The van der Waals surface area contributed by atoms with Gasteiger partial charge in [-0.3, -0.25) is 29.0 Å². The van der Waals surface area contributed by atoms with Gasteiger partial charge in [-0.25, -0.2) is 0 Å². The van der Waals surface area contributed by atoms with Crippen LogP contribution in [0.2, 0.25) is 0 Å². The molecule has 6 nitrogen and oxygen atoms in total. The van der Waals surface area contributed by atoms with Crippen LogP contribution in [0.1, 0.15) is 38.2 Å². The first kappa shape index (κ1) is 19.2. The van der Waals surface area contributed by atoms with Gasteiger partial charge in [0.1, 0.15) is 0 Å². The summed E-state index contributed by atoms with van der Waals surface area (Å²) in [5, 5.41) is 0. The molecule has 30 heavy (non-hydrogen) atoms. The summed E-state index contributed by atoms with van der Waals surface area (Å²) < 4.78 is 0. The van der Waals surface area contributed by atoms with Crippen molar-refractivity contribution in [3.8, 4) is 0 Å². The molecule has 6 heteroatoms. The summed E-state index contributed by atoms with van der Waals surface area (Å²) in [5.41, 5.74) is 2.08. The van der Waals surface area contributed by atoms with Crippen molar-refractivity contribution in [3.63, 3.8) is 0 Å². The van der Waals surface area contributed by atoms with E-state index in [4.69, 9.17) is 0 Å². The van der Waals surface area contributed by atoms with Gasteiger partial charge in [-0.2, -0.15) is 0 Å². The fourth-order valence-corrected chi connectivity index (χ4v) is 6.38. The van der Waals surface area contributed by atoms with Crippen LogP contribution in [0.15, 0.2) is 42.0 Å². The predicted octanol–water partition coefficient (Wildman–Crippen LogP) is 2.36. The molecule has 2 heterocycles. The molecule has 156 valence electrons. The van der Waals surface area contributed by atoms with Gasteiger partial charge in [0.05, 0.1) is 23.7 Å². The molecule has 0 spiro atoms. The zero-order valence-electron chi connectivity index (χ0n) is 17.3. The molecule has 1 aromatic rings. The number of amides is 4. The van der Waals surface area contributed by atoms with Crippen molar-refractivity contribution in [2.45, 2.75) is 32.6 Å². The third-order valence-corrected chi connectivity index (χ3v) is 7.62. The molecule has 2 aliphatic carbocycles. The Morgan fingerprint density at radius 1 is 0.767 bits per heavy atom. The highest BCUT2D eigenvalue weighted by Gasteiger charge is 2.61. The van der Waals surface area contributed by atoms with E-state index in [2.05, 4.69) is 6.08 Å². The van der Waals surface area contributed by atoms with E-state index in [-0.39, 0.29) is 41.4 Å². The van der Waals surface area contributed by atoms with Crippen molar-refractivity contribution in [3.05, 3.63) is 47.5 Å². The number of likely N-dealkylation sites (tertiary alicyclic amines) is 2. The second kappa shape index (κ2) is 6.89. The Morgan fingerprint density at radius 3 is 2.00 bits per heavy atom. The number of allylic oxidation sites excluding steroid dienone is 2. The highest BCUT2D eigenvalue weighted by atomic mass is 16.2. The minimum Gasteiger partial charge on any atom is -0.282 e. The zero-order chi connectivity index (χ0) is 21.2. The third kappa shape index (κ3) is 2.42. The van der Waals surface area contributed by atoms with Gasteiger partial charge in [-0.05, 0) is 38.2 Å². The van der Waals surface area contributed by atoms with Crippen LogP contribution in [-0.4, -0.2) is 46.5 Å². The topological polar surface area (TPSA) is 74.8 Å². The van der Waals surface area contributed by atoms with Crippen LogP contribution >= 0.6 is 0 Å². The van der Waals surface area contributed by atoms with E-state index in [9.17, 15) is 19.2 Å². The predicted molar refractivity (Wildman–Crippen MR) is 109 cm³/mol. The average Bonchev–Trinajstić information content (AvgIpc) is 3.16. The van der Waals surface area contributed by atoms with E-state index < -0.39 is 17.8 Å².